The third kappa shape index (κ3) is 8.47. The van der Waals surface area contributed by atoms with Crippen molar-refractivity contribution >= 4 is 7.82 Å². The third-order valence-corrected chi connectivity index (χ3v) is 8.06. The summed E-state index contributed by atoms with van der Waals surface area (Å²) in [5, 5.41) is 0. The molecule has 0 bridgehead atoms. The monoisotopic (exact) mass is 488 g/mol. The Morgan fingerprint density at radius 3 is 1.29 bits per heavy atom. The van der Waals surface area contributed by atoms with Crippen LogP contribution in [0.2, 0.25) is 0 Å². The lowest BCUT2D eigenvalue weighted by molar-refractivity contribution is 0.250. The van der Waals surface area contributed by atoms with Crippen LogP contribution in [-0.2, 0) is 19.9 Å². The second kappa shape index (κ2) is 12.8. The Labute approximate surface area is 208 Å². The molecule has 0 aliphatic rings. The van der Waals surface area contributed by atoms with E-state index >= 15 is 0 Å². The Kier molecular flexibility index (Phi) is 10.7. The summed E-state index contributed by atoms with van der Waals surface area (Å²) in [6, 6.07) is 15.5. The first-order valence-corrected chi connectivity index (χ1v) is 14.3. The van der Waals surface area contributed by atoms with Gasteiger partial charge < -0.3 is 9.05 Å². The van der Waals surface area contributed by atoms with Gasteiger partial charge in [-0.3, -0.25) is 4.52 Å². The lowest BCUT2D eigenvalue weighted by Crippen LogP contribution is -2.17. The van der Waals surface area contributed by atoms with E-state index in [0.717, 1.165) is 12.8 Å². The Morgan fingerprint density at radius 2 is 1.00 bits per heavy atom. The molecule has 0 N–H and O–H groups in total. The van der Waals surface area contributed by atoms with Gasteiger partial charge in [0.25, 0.3) is 0 Å². The molecule has 5 heteroatoms. The molecule has 0 heterocycles. The van der Waals surface area contributed by atoms with Crippen molar-refractivity contribution in [3.05, 3.63) is 59.7 Å². The fourth-order valence-corrected chi connectivity index (χ4v) is 5.15. The minimum atomic E-state index is -3.80. The highest BCUT2D eigenvalue weighted by atomic mass is 31.2. The Balaban J connectivity index is 2.04. The van der Waals surface area contributed by atoms with Crippen molar-refractivity contribution in [3.63, 3.8) is 0 Å². The molecule has 0 saturated heterocycles. The zero-order chi connectivity index (χ0) is 25.2. The maximum atomic E-state index is 13.2. The molecule has 2 aromatic carbocycles. The summed E-state index contributed by atoms with van der Waals surface area (Å²) >= 11 is 0. The van der Waals surface area contributed by atoms with Crippen LogP contribution in [0.1, 0.15) is 104 Å². The zero-order valence-electron chi connectivity index (χ0n) is 22.4. The molecule has 4 nitrogen and oxygen atoms in total. The number of hydrogen-bond donors (Lipinski definition) is 0. The van der Waals surface area contributed by atoms with Gasteiger partial charge in [0.15, 0.2) is 0 Å². The van der Waals surface area contributed by atoms with Crippen LogP contribution >= 0.6 is 7.82 Å². The van der Waals surface area contributed by atoms with Gasteiger partial charge in [0, 0.05) is 7.11 Å². The maximum Gasteiger partial charge on any atom is 0.587 e. The van der Waals surface area contributed by atoms with Crippen LogP contribution in [0.15, 0.2) is 48.5 Å². The van der Waals surface area contributed by atoms with Crippen LogP contribution in [0.25, 0.3) is 0 Å². The molecule has 2 aromatic rings. The van der Waals surface area contributed by atoms with E-state index in [1.165, 1.54) is 56.8 Å². The highest BCUT2D eigenvalue weighted by molar-refractivity contribution is 7.49. The van der Waals surface area contributed by atoms with Gasteiger partial charge in [-0.2, -0.15) is 0 Å². The first kappa shape index (κ1) is 28.5. The van der Waals surface area contributed by atoms with Crippen molar-refractivity contribution < 1.29 is 18.1 Å². The first-order chi connectivity index (χ1) is 16.0. The summed E-state index contributed by atoms with van der Waals surface area (Å²) in [5.74, 6) is 0.930. The van der Waals surface area contributed by atoms with Crippen molar-refractivity contribution in [1.29, 1.82) is 0 Å². The summed E-state index contributed by atoms with van der Waals surface area (Å²) < 4.78 is 29.7. The lowest BCUT2D eigenvalue weighted by atomic mass is 9.80. The van der Waals surface area contributed by atoms with Gasteiger partial charge in [-0.25, -0.2) is 4.57 Å². The second-order valence-electron chi connectivity index (χ2n) is 10.5. The minimum Gasteiger partial charge on any atom is -0.395 e. The van der Waals surface area contributed by atoms with Crippen molar-refractivity contribution in [2.24, 2.45) is 0 Å². The number of phosphoric ester groups is 1. The van der Waals surface area contributed by atoms with E-state index in [0.29, 0.717) is 11.5 Å². The summed E-state index contributed by atoms with van der Waals surface area (Å²) in [6.07, 6.45) is 9.61. The van der Waals surface area contributed by atoms with Crippen LogP contribution in [0.4, 0.5) is 0 Å². The van der Waals surface area contributed by atoms with Crippen molar-refractivity contribution in [2.45, 2.75) is 104 Å². The van der Waals surface area contributed by atoms with Gasteiger partial charge in [0.05, 0.1) is 0 Å². The third-order valence-electron chi connectivity index (χ3n) is 6.74. The van der Waals surface area contributed by atoms with Crippen LogP contribution in [0, 0.1) is 0 Å². The van der Waals surface area contributed by atoms with Crippen molar-refractivity contribution in [1.82, 2.24) is 0 Å². The molecule has 2 rings (SSSR count). The van der Waals surface area contributed by atoms with E-state index < -0.39 is 7.82 Å². The standard InChI is InChI=1S/C29H45O4P/c1-8-10-12-22-28(3,4)24-14-18-26(19-15-24)32-34(30,31-7)33-27-20-16-25(17-21-27)29(5,6)23-13-11-9-2/h14-21H,8-13,22-23H2,1-7H3. The van der Waals surface area contributed by atoms with Gasteiger partial charge >= 0.3 is 7.82 Å². The molecule has 0 saturated carbocycles. The molecule has 0 radical (unpaired) electrons. The van der Waals surface area contributed by atoms with Crippen LogP contribution in [0.5, 0.6) is 11.5 Å². The van der Waals surface area contributed by atoms with Crippen LogP contribution < -0.4 is 9.05 Å². The molecular formula is C29H45O4P. The molecule has 0 atom stereocenters. The highest BCUT2D eigenvalue weighted by Gasteiger charge is 2.30. The topological polar surface area (TPSA) is 44.8 Å². The molecule has 0 fully saturated rings. The van der Waals surface area contributed by atoms with Gasteiger partial charge in [-0.1, -0.05) is 104 Å². The minimum absolute atomic E-state index is 0.0845. The van der Waals surface area contributed by atoms with Gasteiger partial charge in [-0.05, 0) is 59.1 Å². The maximum absolute atomic E-state index is 13.2. The van der Waals surface area contributed by atoms with Crippen LogP contribution in [-0.4, -0.2) is 7.11 Å². The predicted octanol–water partition coefficient (Wildman–Crippen LogP) is 9.61. The number of unbranched alkanes of at least 4 members (excludes halogenated alkanes) is 4. The Hall–Kier alpha value is -1.77. The van der Waals surface area contributed by atoms with E-state index in [-0.39, 0.29) is 10.8 Å². The quantitative estimate of drug-likeness (QED) is 0.185. The number of benzene rings is 2. The molecule has 0 amide bonds. The second-order valence-corrected chi connectivity index (χ2v) is 12.2. The SMILES string of the molecule is CCCCCC(C)(C)c1ccc(OP(=O)(OC)Oc2ccc(C(C)(C)CCCCC)cc2)cc1. The van der Waals surface area contributed by atoms with E-state index in [9.17, 15) is 4.57 Å². The highest BCUT2D eigenvalue weighted by Crippen LogP contribution is 2.49. The summed E-state index contributed by atoms with van der Waals surface area (Å²) in [7, 11) is -2.45. The smallest absolute Gasteiger partial charge is 0.395 e. The molecule has 0 unspecified atom stereocenters. The van der Waals surface area contributed by atoms with Crippen molar-refractivity contribution in [3.8, 4) is 11.5 Å². The molecule has 0 spiro atoms. The average Bonchev–Trinajstić information content (AvgIpc) is 2.80. The summed E-state index contributed by atoms with van der Waals surface area (Å²) in [5.41, 5.74) is 2.64. The molecule has 0 aromatic heterocycles. The largest absolute Gasteiger partial charge is 0.587 e. The van der Waals surface area contributed by atoms with E-state index in [4.69, 9.17) is 13.6 Å². The van der Waals surface area contributed by atoms with E-state index in [2.05, 4.69) is 41.5 Å². The van der Waals surface area contributed by atoms with Gasteiger partial charge in [0.2, 0.25) is 0 Å². The first-order valence-electron chi connectivity index (χ1n) is 12.8. The Bertz CT molecular complexity index is 829. The predicted molar refractivity (Wildman–Crippen MR) is 143 cm³/mol. The fourth-order valence-electron chi connectivity index (χ4n) is 4.21. The Morgan fingerprint density at radius 1 is 0.647 bits per heavy atom. The van der Waals surface area contributed by atoms with E-state index in [1.807, 2.05) is 48.5 Å². The van der Waals surface area contributed by atoms with Gasteiger partial charge in [0.1, 0.15) is 11.5 Å². The number of rotatable bonds is 15. The normalized spacial score (nSPS) is 12.6. The average molecular weight is 489 g/mol. The van der Waals surface area contributed by atoms with Crippen molar-refractivity contribution in [2.75, 3.05) is 7.11 Å². The molecule has 190 valence electrons. The van der Waals surface area contributed by atoms with Gasteiger partial charge in [-0.15, -0.1) is 0 Å². The molecule has 34 heavy (non-hydrogen) atoms. The fraction of sp³-hybridized carbons (Fsp3) is 0.586. The summed E-state index contributed by atoms with van der Waals surface area (Å²) in [4.78, 5) is 0. The molecule has 0 aliphatic heterocycles. The number of phosphoric acid groups is 1. The lowest BCUT2D eigenvalue weighted by Gasteiger charge is -2.26. The number of hydrogen-bond acceptors (Lipinski definition) is 4. The molecular weight excluding hydrogens is 443 g/mol. The molecule has 0 aliphatic carbocycles. The van der Waals surface area contributed by atoms with E-state index in [1.54, 1.807) is 0 Å². The zero-order valence-corrected chi connectivity index (χ0v) is 23.3. The summed E-state index contributed by atoms with van der Waals surface area (Å²) in [6.45, 7) is 13.5. The van der Waals surface area contributed by atoms with Crippen LogP contribution in [0.3, 0.4) is 0 Å².